The normalized spacial score (nSPS) is 40.1. The van der Waals surface area contributed by atoms with Crippen LogP contribution >= 0.6 is 11.8 Å². The van der Waals surface area contributed by atoms with Crippen LogP contribution in [0.4, 0.5) is 0 Å². The Kier molecular flexibility index (Phi) is 2.99. The predicted octanol–water partition coefficient (Wildman–Crippen LogP) is 3.03. The van der Waals surface area contributed by atoms with Crippen LogP contribution in [0.1, 0.15) is 44.9 Å². The van der Waals surface area contributed by atoms with Gasteiger partial charge < -0.3 is 4.74 Å². The highest BCUT2D eigenvalue weighted by Crippen LogP contribution is 2.51. The second-order valence-electron chi connectivity index (χ2n) is 6.66. The van der Waals surface area contributed by atoms with Gasteiger partial charge >= 0.3 is 0 Å². The lowest BCUT2D eigenvalue weighted by molar-refractivity contribution is -0.122. The molecule has 104 valence electrons. The molecule has 4 rings (SSSR count). The molecule has 19 heavy (non-hydrogen) atoms. The Balaban J connectivity index is 1.43. The van der Waals surface area contributed by atoms with E-state index in [2.05, 4.69) is 4.99 Å². The zero-order valence-corrected chi connectivity index (χ0v) is 12.1. The number of ether oxygens (including phenoxy) is 1. The third kappa shape index (κ3) is 2.07. The lowest BCUT2D eigenvalue weighted by atomic mass is 9.87. The molecule has 0 aromatic carbocycles. The largest absolute Gasteiger partial charge is 0.381 e. The molecule has 2 aliphatic carbocycles. The quantitative estimate of drug-likeness (QED) is 0.780. The topological polar surface area (TPSA) is 38.7 Å². The molecule has 2 saturated carbocycles. The summed E-state index contributed by atoms with van der Waals surface area (Å²) >= 11 is 1.78. The van der Waals surface area contributed by atoms with E-state index in [1.54, 1.807) is 11.8 Å². The first kappa shape index (κ1) is 12.4. The van der Waals surface area contributed by atoms with Crippen LogP contribution in [0.15, 0.2) is 4.99 Å². The van der Waals surface area contributed by atoms with Crippen LogP contribution in [0.25, 0.3) is 0 Å². The summed E-state index contributed by atoms with van der Waals surface area (Å²) in [5.41, 5.74) is 0. The van der Waals surface area contributed by atoms with Crippen molar-refractivity contribution < 1.29 is 9.53 Å². The van der Waals surface area contributed by atoms with Crippen molar-refractivity contribution in [3.63, 3.8) is 0 Å². The zero-order chi connectivity index (χ0) is 12.9. The molecular weight excluding hydrogens is 258 g/mol. The van der Waals surface area contributed by atoms with Crippen LogP contribution < -0.4 is 0 Å². The van der Waals surface area contributed by atoms with Gasteiger partial charge in [0.25, 0.3) is 5.91 Å². The number of hydrogen-bond donors (Lipinski definition) is 0. The Bertz CT molecular complexity index is 428. The standard InChI is InChI=1S/C15H21NO2S/c17-14-15(3-5-18-6-4-15)19-13(16-14)9-12-8-10-1-2-11(12)7-10/h10-12H,1-9H2/t10-,11+,12-/m0/s1. The summed E-state index contributed by atoms with van der Waals surface area (Å²) < 4.78 is 5.15. The maximum Gasteiger partial charge on any atom is 0.263 e. The molecule has 0 aromatic rings. The Morgan fingerprint density at radius 3 is 2.79 bits per heavy atom. The average Bonchev–Trinajstić information content (AvgIpc) is 3.08. The predicted molar refractivity (Wildman–Crippen MR) is 76.4 cm³/mol. The van der Waals surface area contributed by atoms with E-state index < -0.39 is 0 Å². The van der Waals surface area contributed by atoms with Gasteiger partial charge in [0.2, 0.25) is 0 Å². The molecule has 2 heterocycles. The molecular formula is C15H21NO2S. The van der Waals surface area contributed by atoms with Gasteiger partial charge in [-0.2, -0.15) is 0 Å². The van der Waals surface area contributed by atoms with Crippen molar-refractivity contribution in [2.75, 3.05) is 13.2 Å². The number of nitrogens with zero attached hydrogens (tertiary/aromatic N) is 1. The fourth-order valence-corrected chi connectivity index (χ4v) is 5.84. The zero-order valence-electron chi connectivity index (χ0n) is 11.3. The number of fused-ring (bicyclic) bond motifs is 2. The van der Waals surface area contributed by atoms with Gasteiger partial charge in [-0.05, 0) is 56.3 Å². The van der Waals surface area contributed by atoms with Crippen LogP contribution in [-0.2, 0) is 9.53 Å². The van der Waals surface area contributed by atoms with E-state index in [0.717, 1.165) is 55.3 Å². The van der Waals surface area contributed by atoms with E-state index in [1.807, 2.05) is 0 Å². The van der Waals surface area contributed by atoms with Crippen LogP contribution in [0.3, 0.4) is 0 Å². The van der Waals surface area contributed by atoms with Crippen molar-refractivity contribution >= 4 is 22.7 Å². The van der Waals surface area contributed by atoms with Crippen molar-refractivity contribution in [2.24, 2.45) is 22.7 Å². The lowest BCUT2D eigenvalue weighted by Crippen LogP contribution is -2.37. The van der Waals surface area contributed by atoms with Crippen molar-refractivity contribution in [1.82, 2.24) is 0 Å². The average molecular weight is 279 g/mol. The van der Waals surface area contributed by atoms with Crippen LogP contribution in [0, 0.1) is 17.8 Å². The molecule has 4 aliphatic rings. The molecule has 2 bridgehead atoms. The van der Waals surface area contributed by atoms with Gasteiger partial charge in [-0.15, -0.1) is 0 Å². The summed E-state index contributed by atoms with van der Waals surface area (Å²) in [5, 5.41) is 1.13. The summed E-state index contributed by atoms with van der Waals surface area (Å²) in [7, 11) is 0. The molecule has 1 saturated heterocycles. The van der Waals surface area contributed by atoms with E-state index in [0.29, 0.717) is 0 Å². The minimum atomic E-state index is -0.245. The first-order valence-electron chi connectivity index (χ1n) is 7.64. The van der Waals surface area contributed by atoms with Crippen LogP contribution in [0.2, 0.25) is 0 Å². The van der Waals surface area contributed by atoms with E-state index in [1.165, 1.54) is 25.7 Å². The number of hydrogen-bond acceptors (Lipinski definition) is 3. The molecule has 0 N–H and O–H groups in total. The Morgan fingerprint density at radius 1 is 1.26 bits per heavy atom. The van der Waals surface area contributed by atoms with Gasteiger partial charge in [0.05, 0.1) is 5.04 Å². The summed E-state index contributed by atoms with van der Waals surface area (Å²) in [5.74, 6) is 2.84. The summed E-state index contributed by atoms with van der Waals surface area (Å²) in [6.45, 7) is 1.44. The highest BCUT2D eigenvalue weighted by atomic mass is 32.2. The molecule has 3 atom stereocenters. The molecule has 3 fully saturated rings. The Hall–Kier alpha value is -0.350. The number of carbonyl (C=O) groups excluding carboxylic acids is 1. The van der Waals surface area contributed by atoms with E-state index in [9.17, 15) is 4.79 Å². The first-order chi connectivity index (χ1) is 9.25. The molecule has 3 nitrogen and oxygen atoms in total. The molecule has 1 spiro atoms. The molecule has 0 radical (unpaired) electrons. The second-order valence-corrected chi connectivity index (χ2v) is 8.12. The SMILES string of the molecule is O=C1N=C(C[C@@H]2C[C@H]3CC[C@@H]2C3)SC12CCOCC2. The van der Waals surface area contributed by atoms with Gasteiger partial charge in [0, 0.05) is 13.2 Å². The van der Waals surface area contributed by atoms with Crippen LogP contribution in [-0.4, -0.2) is 28.9 Å². The monoisotopic (exact) mass is 279 g/mol. The molecule has 2 aliphatic heterocycles. The molecule has 4 heteroatoms. The summed E-state index contributed by atoms with van der Waals surface area (Å²) in [6.07, 6.45) is 8.45. The minimum absolute atomic E-state index is 0.124. The summed E-state index contributed by atoms with van der Waals surface area (Å²) in [6, 6.07) is 0. The minimum Gasteiger partial charge on any atom is -0.381 e. The van der Waals surface area contributed by atoms with Crippen molar-refractivity contribution in [3.05, 3.63) is 0 Å². The number of aliphatic imine (C=N–C) groups is 1. The summed E-state index contributed by atoms with van der Waals surface area (Å²) in [4.78, 5) is 16.6. The fraction of sp³-hybridized carbons (Fsp3) is 0.867. The highest BCUT2D eigenvalue weighted by Gasteiger charge is 2.47. The van der Waals surface area contributed by atoms with Gasteiger partial charge in [-0.1, -0.05) is 18.2 Å². The third-order valence-electron chi connectivity index (χ3n) is 5.55. The number of rotatable bonds is 2. The van der Waals surface area contributed by atoms with E-state index >= 15 is 0 Å². The van der Waals surface area contributed by atoms with Crippen LogP contribution in [0.5, 0.6) is 0 Å². The third-order valence-corrected chi connectivity index (χ3v) is 7.02. The van der Waals surface area contributed by atoms with Gasteiger partial charge in [-0.25, -0.2) is 4.99 Å². The fourth-order valence-electron chi connectivity index (χ4n) is 4.46. The Labute approximate surface area is 118 Å². The smallest absolute Gasteiger partial charge is 0.263 e. The van der Waals surface area contributed by atoms with Crippen molar-refractivity contribution in [1.29, 1.82) is 0 Å². The van der Waals surface area contributed by atoms with Gasteiger partial charge in [-0.3, -0.25) is 4.79 Å². The highest BCUT2D eigenvalue weighted by molar-refractivity contribution is 8.16. The second kappa shape index (κ2) is 4.59. The van der Waals surface area contributed by atoms with Crippen molar-refractivity contribution in [3.8, 4) is 0 Å². The van der Waals surface area contributed by atoms with Crippen molar-refractivity contribution in [2.45, 2.75) is 49.7 Å². The molecule has 0 aromatic heterocycles. The lowest BCUT2D eigenvalue weighted by Gasteiger charge is -2.30. The molecule has 1 amide bonds. The van der Waals surface area contributed by atoms with E-state index in [-0.39, 0.29) is 10.7 Å². The van der Waals surface area contributed by atoms with Gasteiger partial charge in [0.1, 0.15) is 4.75 Å². The Morgan fingerprint density at radius 2 is 2.11 bits per heavy atom. The maximum absolute atomic E-state index is 12.2. The molecule has 0 unspecified atom stereocenters. The van der Waals surface area contributed by atoms with E-state index in [4.69, 9.17) is 4.74 Å². The van der Waals surface area contributed by atoms with Gasteiger partial charge in [0.15, 0.2) is 0 Å². The number of amides is 1. The number of carbonyl (C=O) groups is 1. The number of thioether (sulfide) groups is 1. The first-order valence-corrected chi connectivity index (χ1v) is 8.46. The maximum atomic E-state index is 12.2.